The summed E-state index contributed by atoms with van der Waals surface area (Å²) >= 11 is 3.45. The summed E-state index contributed by atoms with van der Waals surface area (Å²) in [4.78, 5) is 19.0. The van der Waals surface area contributed by atoms with Crippen LogP contribution in [0, 0.1) is 0 Å². The smallest absolute Gasteiger partial charge is 0.241 e. The van der Waals surface area contributed by atoms with Crippen LogP contribution in [-0.2, 0) is 24.3 Å². The van der Waals surface area contributed by atoms with Crippen molar-refractivity contribution in [3.8, 4) is 11.4 Å². The van der Waals surface area contributed by atoms with E-state index in [1.165, 1.54) is 11.1 Å². The number of carbonyl (C=O) groups excluding carboxylic acids is 1. The van der Waals surface area contributed by atoms with E-state index in [0.29, 0.717) is 31.2 Å². The van der Waals surface area contributed by atoms with Gasteiger partial charge in [-0.1, -0.05) is 57.5 Å². The highest BCUT2D eigenvalue weighted by Gasteiger charge is 2.32. The number of aromatic nitrogens is 2. The first kappa shape index (κ1) is 17.9. The molecule has 4 rings (SSSR count). The molecule has 6 nitrogen and oxygen atoms in total. The van der Waals surface area contributed by atoms with Crippen LogP contribution in [0.15, 0.2) is 57.5 Å². The van der Waals surface area contributed by atoms with Gasteiger partial charge in [0.25, 0.3) is 0 Å². The highest BCUT2D eigenvalue weighted by molar-refractivity contribution is 9.10. The van der Waals surface area contributed by atoms with Gasteiger partial charge in [0.2, 0.25) is 17.6 Å². The Kier molecular flexibility index (Phi) is 5.05. The molecular formula is C20H19BrN4O2. The van der Waals surface area contributed by atoms with Crippen molar-refractivity contribution in [2.45, 2.75) is 25.6 Å². The van der Waals surface area contributed by atoms with E-state index in [1.54, 1.807) is 7.05 Å². The molecule has 0 aliphatic carbocycles. The maximum absolute atomic E-state index is 12.4. The molecule has 1 amide bonds. The van der Waals surface area contributed by atoms with Gasteiger partial charge in [-0.3, -0.25) is 9.69 Å². The summed E-state index contributed by atoms with van der Waals surface area (Å²) in [5, 5.41) is 6.86. The summed E-state index contributed by atoms with van der Waals surface area (Å²) in [5.41, 5.74) is 3.32. The molecule has 0 unspecified atom stereocenters. The molecule has 138 valence electrons. The first-order valence-electron chi connectivity index (χ1n) is 8.75. The number of rotatable bonds is 4. The van der Waals surface area contributed by atoms with Crippen molar-refractivity contribution < 1.29 is 9.32 Å². The number of halogens is 1. The zero-order valence-electron chi connectivity index (χ0n) is 14.9. The highest BCUT2D eigenvalue weighted by Crippen LogP contribution is 2.26. The van der Waals surface area contributed by atoms with Crippen molar-refractivity contribution in [2.75, 3.05) is 7.05 Å². The summed E-state index contributed by atoms with van der Waals surface area (Å²) < 4.78 is 6.42. The number of nitrogens with zero attached hydrogens (tertiary/aromatic N) is 3. The molecule has 2 heterocycles. The van der Waals surface area contributed by atoms with Crippen molar-refractivity contribution in [3.05, 3.63) is 70.0 Å². The largest absolute Gasteiger partial charge is 0.358 e. The van der Waals surface area contributed by atoms with Crippen LogP contribution in [0.4, 0.5) is 0 Å². The molecule has 27 heavy (non-hydrogen) atoms. The summed E-state index contributed by atoms with van der Waals surface area (Å²) in [6, 6.07) is 15.7. The molecule has 1 aromatic heterocycles. The maximum atomic E-state index is 12.4. The number of fused-ring (bicyclic) bond motifs is 1. The Morgan fingerprint density at radius 1 is 1.26 bits per heavy atom. The van der Waals surface area contributed by atoms with Crippen molar-refractivity contribution in [1.82, 2.24) is 20.4 Å². The lowest BCUT2D eigenvalue weighted by Gasteiger charge is -2.34. The standard InChI is InChI=1S/C20H19BrN4O2/c1-22-20(26)17-10-13-5-2-3-6-15(13)11-25(17)12-18-23-19(24-27-18)14-7-4-8-16(21)9-14/h2-9,17H,10-12H2,1H3,(H,22,26)/t17-/m1/s1. The fourth-order valence-corrected chi connectivity index (χ4v) is 3.81. The second-order valence-corrected chi connectivity index (χ2v) is 7.45. The molecule has 0 fully saturated rings. The normalized spacial score (nSPS) is 16.7. The number of benzene rings is 2. The van der Waals surface area contributed by atoms with E-state index in [-0.39, 0.29) is 11.9 Å². The van der Waals surface area contributed by atoms with Crippen LogP contribution in [0.2, 0.25) is 0 Å². The lowest BCUT2D eigenvalue weighted by atomic mass is 9.93. The zero-order chi connectivity index (χ0) is 18.8. The Labute approximate surface area is 165 Å². The molecular weight excluding hydrogens is 408 g/mol. The van der Waals surface area contributed by atoms with E-state index in [9.17, 15) is 4.79 Å². The number of likely N-dealkylation sites (N-methyl/N-ethyl adjacent to an activating group) is 1. The third kappa shape index (κ3) is 3.79. The number of hydrogen-bond acceptors (Lipinski definition) is 5. The topological polar surface area (TPSA) is 71.3 Å². The minimum atomic E-state index is -0.258. The molecule has 0 saturated heterocycles. The van der Waals surface area contributed by atoms with Gasteiger partial charge in [0.15, 0.2) is 0 Å². The fraction of sp³-hybridized carbons (Fsp3) is 0.250. The number of carbonyl (C=O) groups is 1. The van der Waals surface area contributed by atoms with E-state index in [4.69, 9.17) is 4.52 Å². The Bertz CT molecular complexity index is 972. The van der Waals surface area contributed by atoms with Gasteiger partial charge in [-0.15, -0.1) is 0 Å². The molecule has 2 aromatic carbocycles. The summed E-state index contributed by atoms with van der Waals surface area (Å²) in [7, 11) is 1.67. The molecule has 1 aliphatic rings. The summed E-state index contributed by atoms with van der Waals surface area (Å²) in [6.45, 7) is 1.09. The third-order valence-corrected chi connectivity index (χ3v) is 5.28. The SMILES string of the molecule is CNC(=O)[C@H]1Cc2ccccc2CN1Cc1nc(-c2cccc(Br)c2)no1. The summed E-state index contributed by atoms with van der Waals surface area (Å²) in [6.07, 6.45) is 0.669. The van der Waals surface area contributed by atoms with Gasteiger partial charge >= 0.3 is 0 Å². The third-order valence-electron chi connectivity index (χ3n) is 4.78. The fourth-order valence-electron chi connectivity index (χ4n) is 3.41. The Balaban J connectivity index is 1.58. The van der Waals surface area contributed by atoms with Gasteiger partial charge < -0.3 is 9.84 Å². The van der Waals surface area contributed by atoms with Crippen molar-refractivity contribution in [3.63, 3.8) is 0 Å². The predicted molar refractivity (Wildman–Crippen MR) is 105 cm³/mol. The first-order chi connectivity index (χ1) is 13.1. The van der Waals surface area contributed by atoms with Gasteiger partial charge in [0.1, 0.15) is 0 Å². The molecule has 0 spiro atoms. The van der Waals surface area contributed by atoms with Crippen molar-refractivity contribution in [2.24, 2.45) is 0 Å². The quantitative estimate of drug-likeness (QED) is 0.693. The zero-order valence-corrected chi connectivity index (χ0v) is 16.4. The van der Waals surface area contributed by atoms with E-state index >= 15 is 0 Å². The Hall–Kier alpha value is -2.51. The average molecular weight is 427 g/mol. The average Bonchev–Trinajstić information content (AvgIpc) is 3.15. The van der Waals surface area contributed by atoms with Crippen LogP contribution in [0.3, 0.4) is 0 Å². The van der Waals surface area contributed by atoms with Gasteiger partial charge in [0, 0.05) is 23.6 Å². The first-order valence-corrected chi connectivity index (χ1v) is 9.54. The van der Waals surface area contributed by atoms with Gasteiger partial charge in [-0.2, -0.15) is 4.98 Å². The molecule has 0 radical (unpaired) electrons. The van der Waals surface area contributed by atoms with Crippen LogP contribution >= 0.6 is 15.9 Å². The number of nitrogens with one attached hydrogen (secondary N) is 1. The van der Waals surface area contributed by atoms with Crippen molar-refractivity contribution in [1.29, 1.82) is 0 Å². The predicted octanol–water partition coefficient (Wildman–Crippen LogP) is 3.17. The molecule has 1 aliphatic heterocycles. The minimum Gasteiger partial charge on any atom is -0.358 e. The van der Waals surface area contributed by atoms with Crippen LogP contribution < -0.4 is 5.32 Å². The van der Waals surface area contributed by atoms with E-state index in [2.05, 4.69) is 48.4 Å². The molecule has 0 saturated carbocycles. The van der Waals surface area contributed by atoms with Crippen LogP contribution in [-0.4, -0.2) is 34.0 Å². The van der Waals surface area contributed by atoms with Gasteiger partial charge in [-0.05, 0) is 29.7 Å². The minimum absolute atomic E-state index is 0.00349. The number of hydrogen-bond donors (Lipinski definition) is 1. The van der Waals surface area contributed by atoms with Crippen LogP contribution in [0.25, 0.3) is 11.4 Å². The second kappa shape index (κ2) is 7.62. The van der Waals surface area contributed by atoms with E-state index in [1.807, 2.05) is 36.4 Å². The monoisotopic (exact) mass is 426 g/mol. The highest BCUT2D eigenvalue weighted by atomic mass is 79.9. The molecule has 1 N–H and O–H groups in total. The van der Waals surface area contributed by atoms with Crippen LogP contribution in [0.1, 0.15) is 17.0 Å². The van der Waals surface area contributed by atoms with Crippen LogP contribution in [0.5, 0.6) is 0 Å². The number of amides is 1. The Morgan fingerprint density at radius 2 is 2.07 bits per heavy atom. The van der Waals surface area contributed by atoms with Gasteiger partial charge in [-0.25, -0.2) is 0 Å². The maximum Gasteiger partial charge on any atom is 0.241 e. The Morgan fingerprint density at radius 3 is 2.85 bits per heavy atom. The molecule has 7 heteroatoms. The second-order valence-electron chi connectivity index (χ2n) is 6.53. The van der Waals surface area contributed by atoms with E-state index in [0.717, 1.165) is 10.0 Å². The lowest BCUT2D eigenvalue weighted by molar-refractivity contribution is -0.126. The summed E-state index contributed by atoms with van der Waals surface area (Å²) in [5.74, 6) is 1.04. The molecule has 0 bridgehead atoms. The molecule has 1 atom stereocenters. The lowest BCUT2D eigenvalue weighted by Crippen LogP contribution is -2.49. The van der Waals surface area contributed by atoms with E-state index < -0.39 is 0 Å². The van der Waals surface area contributed by atoms with Gasteiger partial charge in [0.05, 0.1) is 12.6 Å². The molecule has 3 aromatic rings. The van der Waals surface area contributed by atoms with Crippen molar-refractivity contribution >= 4 is 21.8 Å².